The largest absolute Gasteiger partial charge is 0.381 e. The molecule has 0 saturated heterocycles. The lowest BCUT2D eigenvalue weighted by Crippen LogP contribution is -2.32. The quantitative estimate of drug-likeness (QED) is 0.734. The van der Waals surface area contributed by atoms with Gasteiger partial charge < -0.3 is 10.6 Å². The van der Waals surface area contributed by atoms with Crippen LogP contribution in [0.15, 0.2) is 25.0 Å². The van der Waals surface area contributed by atoms with E-state index >= 15 is 0 Å². The molecule has 4 nitrogen and oxygen atoms in total. The van der Waals surface area contributed by atoms with Gasteiger partial charge in [0, 0.05) is 25.0 Å². The fraction of sp³-hybridized carbons (Fsp3) is 0.400. The van der Waals surface area contributed by atoms with Crippen LogP contribution in [0.1, 0.15) is 13.8 Å². The lowest BCUT2D eigenvalue weighted by molar-refractivity contribution is 0.712. The maximum absolute atomic E-state index is 5.74. The summed E-state index contributed by atoms with van der Waals surface area (Å²) in [6, 6.07) is 0.326. The van der Waals surface area contributed by atoms with Crippen LogP contribution in [0.4, 0.5) is 11.6 Å². The van der Waals surface area contributed by atoms with Gasteiger partial charge in [0.25, 0.3) is 0 Å². The Labute approximate surface area is 84.5 Å². The Balaban J connectivity index is 2.98. The second-order valence-electron chi connectivity index (χ2n) is 3.30. The van der Waals surface area contributed by atoms with Gasteiger partial charge in [0.1, 0.15) is 0 Å². The minimum absolute atomic E-state index is 0.326. The number of anilines is 2. The highest BCUT2D eigenvalue weighted by Gasteiger charge is 2.13. The number of hydrogen-bond acceptors (Lipinski definition) is 4. The average molecular weight is 192 g/mol. The molecule has 0 aliphatic heterocycles. The number of aromatic nitrogens is 2. The summed E-state index contributed by atoms with van der Waals surface area (Å²) >= 11 is 0. The molecule has 0 radical (unpaired) electrons. The number of nitrogens with zero attached hydrogens (tertiary/aromatic N) is 3. The SMILES string of the molecule is C=CCN(c1nccnc1N)C(C)C. The third-order valence-electron chi connectivity index (χ3n) is 1.93. The van der Waals surface area contributed by atoms with Crippen molar-refractivity contribution in [1.29, 1.82) is 0 Å². The van der Waals surface area contributed by atoms with Crippen molar-refractivity contribution in [3.05, 3.63) is 25.0 Å². The summed E-state index contributed by atoms with van der Waals surface area (Å²) in [5.74, 6) is 1.19. The smallest absolute Gasteiger partial charge is 0.172 e. The van der Waals surface area contributed by atoms with Crippen molar-refractivity contribution < 1.29 is 0 Å². The molecule has 76 valence electrons. The zero-order valence-electron chi connectivity index (χ0n) is 8.64. The minimum atomic E-state index is 0.326. The molecular formula is C10H16N4. The van der Waals surface area contributed by atoms with Gasteiger partial charge in [0.05, 0.1) is 0 Å². The normalized spacial score (nSPS) is 10.2. The first-order valence-corrected chi connectivity index (χ1v) is 4.60. The fourth-order valence-corrected chi connectivity index (χ4v) is 1.24. The maximum Gasteiger partial charge on any atom is 0.172 e. The van der Waals surface area contributed by atoms with Crippen LogP contribution < -0.4 is 10.6 Å². The molecule has 0 saturated carbocycles. The van der Waals surface area contributed by atoms with Crippen molar-refractivity contribution in [1.82, 2.24) is 9.97 Å². The second-order valence-corrected chi connectivity index (χ2v) is 3.30. The standard InChI is InChI=1S/C10H16N4/c1-4-7-14(8(2)3)10-9(11)12-5-6-13-10/h4-6,8H,1,7H2,2-3H3,(H2,11,12). The molecule has 0 spiro atoms. The summed E-state index contributed by atoms with van der Waals surface area (Å²) in [7, 11) is 0. The third kappa shape index (κ3) is 2.22. The molecule has 0 bridgehead atoms. The Kier molecular flexibility index (Phi) is 3.45. The summed E-state index contributed by atoms with van der Waals surface area (Å²) in [6.07, 6.45) is 5.06. The molecule has 1 rings (SSSR count). The highest BCUT2D eigenvalue weighted by Crippen LogP contribution is 2.18. The number of nitrogens with two attached hydrogens (primary N) is 1. The van der Waals surface area contributed by atoms with E-state index in [-0.39, 0.29) is 0 Å². The molecule has 0 atom stereocenters. The fourth-order valence-electron chi connectivity index (χ4n) is 1.24. The predicted molar refractivity (Wildman–Crippen MR) is 59.1 cm³/mol. The zero-order valence-corrected chi connectivity index (χ0v) is 8.64. The van der Waals surface area contributed by atoms with Gasteiger partial charge in [-0.25, -0.2) is 9.97 Å². The highest BCUT2D eigenvalue weighted by atomic mass is 15.2. The van der Waals surface area contributed by atoms with E-state index in [9.17, 15) is 0 Å². The Morgan fingerprint density at radius 3 is 2.64 bits per heavy atom. The maximum atomic E-state index is 5.74. The summed E-state index contributed by atoms with van der Waals surface area (Å²) in [4.78, 5) is 10.3. The van der Waals surface area contributed by atoms with Crippen LogP contribution in [0, 0.1) is 0 Å². The average Bonchev–Trinajstić information content (AvgIpc) is 2.15. The first kappa shape index (κ1) is 10.5. The summed E-state index contributed by atoms with van der Waals surface area (Å²) in [5, 5.41) is 0. The van der Waals surface area contributed by atoms with Gasteiger partial charge >= 0.3 is 0 Å². The molecule has 0 unspecified atom stereocenters. The van der Waals surface area contributed by atoms with Gasteiger partial charge in [0.15, 0.2) is 11.6 Å². The number of hydrogen-bond donors (Lipinski definition) is 1. The molecule has 0 aliphatic carbocycles. The van der Waals surface area contributed by atoms with Crippen LogP contribution in [0.2, 0.25) is 0 Å². The zero-order chi connectivity index (χ0) is 10.6. The Morgan fingerprint density at radius 2 is 2.14 bits per heavy atom. The van der Waals surface area contributed by atoms with Crippen molar-refractivity contribution >= 4 is 11.6 Å². The van der Waals surface area contributed by atoms with Crippen molar-refractivity contribution in [2.45, 2.75) is 19.9 Å². The van der Waals surface area contributed by atoms with Gasteiger partial charge in [-0.3, -0.25) is 0 Å². The number of rotatable bonds is 4. The molecule has 1 aromatic rings. The van der Waals surface area contributed by atoms with E-state index in [2.05, 4.69) is 35.3 Å². The van der Waals surface area contributed by atoms with Crippen LogP contribution in [0.5, 0.6) is 0 Å². The molecule has 2 N–H and O–H groups in total. The van der Waals surface area contributed by atoms with Gasteiger partial charge in [-0.15, -0.1) is 6.58 Å². The lowest BCUT2D eigenvalue weighted by atomic mass is 10.3. The summed E-state index contributed by atoms with van der Waals surface area (Å²) in [6.45, 7) is 8.59. The Morgan fingerprint density at radius 1 is 1.50 bits per heavy atom. The molecule has 1 aromatic heterocycles. The van der Waals surface area contributed by atoms with Crippen LogP contribution in [-0.4, -0.2) is 22.6 Å². The van der Waals surface area contributed by atoms with Crippen molar-refractivity contribution in [2.75, 3.05) is 17.2 Å². The van der Waals surface area contributed by atoms with Crippen molar-refractivity contribution in [2.24, 2.45) is 0 Å². The Hall–Kier alpha value is -1.58. The Bertz CT molecular complexity index is 309. The number of nitrogen functional groups attached to an aromatic ring is 1. The molecule has 4 heteroatoms. The topological polar surface area (TPSA) is 55.0 Å². The molecule has 0 aliphatic rings. The molecule has 0 aromatic carbocycles. The summed E-state index contributed by atoms with van der Waals surface area (Å²) in [5.41, 5.74) is 5.74. The highest BCUT2D eigenvalue weighted by molar-refractivity contribution is 5.58. The van der Waals surface area contributed by atoms with E-state index in [0.29, 0.717) is 11.9 Å². The van der Waals surface area contributed by atoms with Gasteiger partial charge in [-0.2, -0.15) is 0 Å². The van der Waals surface area contributed by atoms with E-state index < -0.39 is 0 Å². The predicted octanol–water partition coefficient (Wildman–Crippen LogP) is 1.46. The third-order valence-corrected chi connectivity index (χ3v) is 1.93. The second kappa shape index (κ2) is 4.60. The molecule has 0 amide bonds. The molecule has 14 heavy (non-hydrogen) atoms. The molecular weight excluding hydrogens is 176 g/mol. The van der Waals surface area contributed by atoms with Gasteiger partial charge in [-0.05, 0) is 13.8 Å². The minimum Gasteiger partial charge on any atom is -0.381 e. The monoisotopic (exact) mass is 192 g/mol. The first-order valence-electron chi connectivity index (χ1n) is 4.60. The molecule has 0 fully saturated rings. The van der Waals surface area contributed by atoms with E-state index in [1.54, 1.807) is 12.4 Å². The molecule has 1 heterocycles. The van der Waals surface area contributed by atoms with Crippen LogP contribution in [-0.2, 0) is 0 Å². The lowest BCUT2D eigenvalue weighted by Gasteiger charge is -2.26. The summed E-state index contributed by atoms with van der Waals surface area (Å²) < 4.78 is 0. The van der Waals surface area contributed by atoms with Gasteiger partial charge in [-0.1, -0.05) is 6.08 Å². The van der Waals surface area contributed by atoms with Crippen molar-refractivity contribution in [3.63, 3.8) is 0 Å². The van der Waals surface area contributed by atoms with Crippen molar-refractivity contribution in [3.8, 4) is 0 Å². The van der Waals surface area contributed by atoms with Crippen LogP contribution in [0.25, 0.3) is 0 Å². The van der Waals surface area contributed by atoms with Crippen LogP contribution >= 0.6 is 0 Å². The first-order chi connectivity index (χ1) is 6.66. The van der Waals surface area contributed by atoms with E-state index in [1.807, 2.05) is 6.08 Å². The van der Waals surface area contributed by atoms with Crippen LogP contribution in [0.3, 0.4) is 0 Å². The van der Waals surface area contributed by atoms with E-state index in [1.165, 1.54) is 0 Å². The van der Waals surface area contributed by atoms with E-state index in [4.69, 9.17) is 5.73 Å². The van der Waals surface area contributed by atoms with Gasteiger partial charge in [0.2, 0.25) is 0 Å². The van der Waals surface area contributed by atoms with E-state index in [0.717, 1.165) is 12.4 Å².